The summed E-state index contributed by atoms with van der Waals surface area (Å²) in [7, 11) is 0. The molecule has 5 rings (SSSR count). The molecule has 4 aromatic carbocycles. The van der Waals surface area contributed by atoms with Crippen molar-refractivity contribution in [1.29, 1.82) is 0 Å². The van der Waals surface area contributed by atoms with Gasteiger partial charge >= 0.3 is 0 Å². The number of benzene rings is 4. The molecule has 0 bridgehead atoms. The first-order chi connectivity index (χ1) is 22.2. The van der Waals surface area contributed by atoms with Gasteiger partial charge in [-0.2, -0.15) is 10.1 Å². The van der Waals surface area contributed by atoms with E-state index in [4.69, 9.17) is 23.2 Å². The third-order valence-corrected chi connectivity index (χ3v) is 8.27. The standard InChI is InChI=1S/C34H27Cl2N5O4S/c1-21(32(43)39-30-20-31(42)41(40-30)26-12-6-3-7-13-26)46-27-14-8-11-25(19-27)37-34(45)29(17-23-15-16-24(35)18-28(23)36)38-33(44)22-9-4-2-5-10-22/h2-19,21H,20H2,1H3,(H,37,45)(H,38,44)(H,39,40,43)/b29-17+. The average molecular weight is 673 g/mol. The van der Waals surface area contributed by atoms with Crippen molar-refractivity contribution in [1.82, 2.24) is 10.6 Å². The average Bonchev–Trinajstić information content (AvgIpc) is 3.42. The van der Waals surface area contributed by atoms with Gasteiger partial charge in [-0.15, -0.1) is 11.8 Å². The van der Waals surface area contributed by atoms with E-state index in [-0.39, 0.29) is 29.8 Å². The molecule has 46 heavy (non-hydrogen) atoms. The number of nitrogens with one attached hydrogen (secondary N) is 3. The van der Waals surface area contributed by atoms with Gasteiger partial charge in [-0.25, -0.2) is 0 Å². The van der Waals surface area contributed by atoms with E-state index in [2.05, 4.69) is 21.1 Å². The Morgan fingerprint density at radius 2 is 1.61 bits per heavy atom. The molecule has 0 aliphatic carbocycles. The molecule has 0 spiro atoms. The van der Waals surface area contributed by atoms with Crippen molar-refractivity contribution in [3.8, 4) is 0 Å². The van der Waals surface area contributed by atoms with Crippen LogP contribution in [0.3, 0.4) is 0 Å². The molecular weight excluding hydrogens is 645 g/mol. The topological polar surface area (TPSA) is 120 Å². The number of nitrogens with zero attached hydrogens (tertiary/aromatic N) is 2. The van der Waals surface area contributed by atoms with Crippen LogP contribution in [-0.4, -0.2) is 34.7 Å². The monoisotopic (exact) mass is 671 g/mol. The molecule has 4 amide bonds. The molecule has 0 saturated heterocycles. The van der Waals surface area contributed by atoms with Crippen LogP contribution in [0.1, 0.15) is 29.3 Å². The molecule has 1 aliphatic heterocycles. The minimum absolute atomic E-state index is 0.0164. The molecule has 4 aromatic rings. The molecular formula is C34H27Cl2N5O4S. The summed E-state index contributed by atoms with van der Waals surface area (Å²) in [6.07, 6.45) is 1.45. The molecule has 9 nitrogen and oxygen atoms in total. The van der Waals surface area contributed by atoms with E-state index in [1.165, 1.54) is 28.9 Å². The second kappa shape index (κ2) is 14.9. The fourth-order valence-electron chi connectivity index (χ4n) is 4.33. The Morgan fingerprint density at radius 1 is 0.891 bits per heavy atom. The Morgan fingerprint density at radius 3 is 2.33 bits per heavy atom. The zero-order valence-electron chi connectivity index (χ0n) is 24.4. The number of hydrogen-bond acceptors (Lipinski definition) is 6. The Bertz CT molecular complexity index is 1850. The highest BCUT2D eigenvalue weighted by Gasteiger charge is 2.27. The van der Waals surface area contributed by atoms with Crippen LogP contribution in [0.2, 0.25) is 10.0 Å². The van der Waals surface area contributed by atoms with Gasteiger partial charge in [0, 0.05) is 26.2 Å². The molecule has 1 atom stereocenters. The van der Waals surface area contributed by atoms with Gasteiger partial charge in [-0.05, 0) is 73.2 Å². The maximum absolute atomic E-state index is 13.5. The number of carbonyl (C=O) groups is 4. The Balaban J connectivity index is 1.27. The number of rotatable bonds is 9. The predicted octanol–water partition coefficient (Wildman–Crippen LogP) is 6.75. The van der Waals surface area contributed by atoms with Crippen LogP contribution in [0.5, 0.6) is 0 Å². The van der Waals surface area contributed by atoms with Crippen molar-refractivity contribution in [3.05, 3.63) is 130 Å². The lowest BCUT2D eigenvalue weighted by Gasteiger charge is -2.14. The summed E-state index contributed by atoms with van der Waals surface area (Å²) in [4.78, 5) is 52.5. The van der Waals surface area contributed by atoms with Crippen molar-refractivity contribution in [2.75, 3.05) is 10.3 Å². The van der Waals surface area contributed by atoms with E-state index in [9.17, 15) is 19.2 Å². The van der Waals surface area contributed by atoms with E-state index in [1.807, 2.05) is 6.07 Å². The first kappa shape index (κ1) is 32.5. The van der Waals surface area contributed by atoms with Gasteiger partial charge in [0.1, 0.15) is 11.5 Å². The number of thioether (sulfide) groups is 1. The second-order valence-corrected chi connectivity index (χ2v) is 12.3. The molecule has 0 saturated carbocycles. The van der Waals surface area contributed by atoms with E-state index in [1.54, 1.807) is 97.9 Å². The number of hydrogen-bond donors (Lipinski definition) is 3. The first-order valence-corrected chi connectivity index (χ1v) is 15.7. The minimum atomic E-state index is -0.588. The van der Waals surface area contributed by atoms with Gasteiger partial charge in [0.25, 0.3) is 17.7 Å². The van der Waals surface area contributed by atoms with Gasteiger partial charge in [0.05, 0.1) is 17.4 Å². The number of amidine groups is 1. The van der Waals surface area contributed by atoms with Gasteiger partial charge in [-0.1, -0.05) is 71.7 Å². The number of anilines is 2. The van der Waals surface area contributed by atoms with Gasteiger partial charge in [0.2, 0.25) is 5.91 Å². The maximum Gasteiger partial charge on any atom is 0.272 e. The Hall–Kier alpha value is -4.90. The molecule has 1 aliphatic rings. The summed E-state index contributed by atoms with van der Waals surface area (Å²) in [5, 5.41) is 14.0. The number of para-hydroxylation sites is 1. The van der Waals surface area contributed by atoms with Crippen LogP contribution < -0.4 is 21.0 Å². The summed E-state index contributed by atoms with van der Waals surface area (Å²) >= 11 is 13.6. The van der Waals surface area contributed by atoms with Crippen LogP contribution in [0.4, 0.5) is 11.4 Å². The summed E-state index contributed by atoms with van der Waals surface area (Å²) < 4.78 is 0. The number of carbonyl (C=O) groups excluding carboxylic acids is 4. The third kappa shape index (κ3) is 8.42. The summed E-state index contributed by atoms with van der Waals surface area (Å²) in [6.45, 7) is 1.73. The molecule has 232 valence electrons. The van der Waals surface area contributed by atoms with Crippen LogP contribution >= 0.6 is 35.0 Å². The Labute approximate surface area is 279 Å². The molecule has 0 fully saturated rings. The fraction of sp³-hybridized carbons (Fsp3) is 0.0882. The maximum atomic E-state index is 13.5. The van der Waals surface area contributed by atoms with Crippen molar-refractivity contribution in [2.24, 2.45) is 5.10 Å². The second-order valence-electron chi connectivity index (χ2n) is 10.0. The molecule has 1 heterocycles. The lowest BCUT2D eigenvalue weighted by atomic mass is 10.1. The number of hydrazone groups is 1. The van der Waals surface area contributed by atoms with Gasteiger partial charge < -0.3 is 16.0 Å². The molecule has 12 heteroatoms. The molecule has 0 radical (unpaired) electrons. The van der Waals surface area contributed by atoms with E-state index in [0.29, 0.717) is 37.4 Å². The van der Waals surface area contributed by atoms with Crippen LogP contribution in [-0.2, 0) is 14.4 Å². The predicted molar refractivity (Wildman–Crippen MR) is 183 cm³/mol. The lowest BCUT2D eigenvalue weighted by molar-refractivity contribution is -0.119. The lowest BCUT2D eigenvalue weighted by Crippen LogP contribution is -2.35. The third-order valence-electron chi connectivity index (χ3n) is 6.61. The van der Waals surface area contributed by atoms with Crippen LogP contribution in [0, 0.1) is 0 Å². The van der Waals surface area contributed by atoms with Crippen LogP contribution in [0.25, 0.3) is 6.08 Å². The summed E-state index contributed by atoms with van der Waals surface area (Å²) in [5.41, 5.74) is 1.87. The van der Waals surface area contributed by atoms with Crippen LogP contribution in [0.15, 0.2) is 119 Å². The minimum Gasteiger partial charge on any atom is -0.321 e. The highest BCUT2D eigenvalue weighted by molar-refractivity contribution is 8.00. The highest BCUT2D eigenvalue weighted by Crippen LogP contribution is 2.27. The first-order valence-electron chi connectivity index (χ1n) is 14.0. The normalized spacial score (nSPS) is 13.5. The van der Waals surface area contributed by atoms with E-state index < -0.39 is 17.1 Å². The SMILES string of the molecule is CC(Sc1cccc(NC(=O)/C(=C\c2ccc(Cl)cc2Cl)NC(=O)c2ccccc2)c1)C(=O)NC1=NN(c2ccccc2)C(=O)C1. The number of halogens is 2. The smallest absolute Gasteiger partial charge is 0.272 e. The van der Waals surface area contributed by atoms with Crippen molar-refractivity contribution in [2.45, 2.75) is 23.5 Å². The molecule has 3 N–H and O–H groups in total. The van der Waals surface area contributed by atoms with Crippen molar-refractivity contribution >= 4 is 81.9 Å². The van der Waals surface area contributed by atoms with E-state index in [0.717, 1.165) is 0 Å². The Kier molecular flexibility index (Phi) is 10.5. The fourth-order valence-corrected chi connectivity index (χ4v) is 5.72. The van der Waals surface area contributed by atoms with Crippen molar-refractivity contribution in [3.63, 3.8) is 0 Å². The van der Waals surface area contributed by atoms with Crippen molar-refractivity contribution < 1.29 is 19.2 Å². The molecule has 1 unspecified atom stereocenters. The van der Waals surface area contributed by atoms with Gasteiger partial charge in [-0.3, -0.25) is 19.2 Å². The zero-order chi connectivity index (χ0) is 32.6. The molecule has 0 aromatic heterocycles. The highest BCUT2D eigenvalue weighted by atomic mass is 35.5. The summed E-state index contributed by atoms with van der Waals surface area (Å²) in [5.74, 6) is -1.36. The van der Waals surface area contributed by atoms with Gasteiger partial charge in [0.15, 0.2) is 0 Å². The van der Waals surface area contributed by atoms with E-state index >= 15 is 0 Å². The quantitative estimate of drug-likeness (QED) is 0.134. The summed E-state index contributed by atoms with van der Waals surface area (Å²) in [6, 6.07) is 29.2. The zero-order valence-corrected chi connectivity index (χ0v) is 26.7. The number of amides is 4. The largest absolute Gasteiger partial charge is 0.321 e.